The lowest BCUT2D eigenvalue weighted by atomic mass is 10.2. The smallest absolute Gasteiger partial charge is 0.331 e. The monoisotopic (exact) mass is 356 g/mol. The summed E-state index contributed by atoms with van der Waals surface area (Å²) in [7, 11) is 0. The van der Waals surface area contributed by atoms with Crippen LogP contribution in [0.25, 0.3) is 6.08 Å². The summed E-state index contributed by atoms with van der Waals surface area (Å²) in [6.07, 6.45) is 3.14. The van der Waals surface area contributed by atoms with Crippen molar-refractivity contribution in [2.45, 2.75) is 26.3 Å². The van der Waals surface area contributed by atoms with Crippen molar-refractivity contribution < 1.29 is 23.5 Å². The Kier molecular flexibility index (Phi) is 7.91. The number of rotatable bonds is 6. The van der Waals surface area contributed by atoms with Crippen molar-refractivity contribution >= 4 is 35.6 Å². The van der Waals surface area contributed by atoms with Crippen molar-refractivity contribution in [2.24, 2.45) is 0 Å². The van der Waals surface area contributed by atoms with Crippen LogP contribution in [0.1, 0.15) is 25.8 Å². The molecule has 1 atom stereocenters. The second kappa shape index (κ2) is 9.67. The second-order valence-electron chi connectivity index (χ2n) is 4.95. The lowest BCUT2D eigenvalue weighted by Gasteiger charge is -2.11. The molecule has 0 bridgehead atoms. The number of imide groups is 1. The number of hydrogen-bond acceptors (Lipinski definition) is 4. The lowest BCUT2D eigenvalue weighted by molar-refractivity contribution is -0.143. The van der Waals surface area contributed by atoms with E-state index in [1.165, 1.54) is 18.2 Å². The van der Waals surface area contributed by atoms with Crippen LogP contribution in [0.3, 0.4) is 0 Å². The van der Waals surface area contributed by atoms with Crippen molar-refractivity contribution in [1.82, 2.24) is 10.6 Å². The average Bonchev–Trinajstić information content (AvgIpc) is 2.53. The molecule has 0 radical (unpaired) electrons. The van der Waals surface area contributed by atoms with Crippen LogP contribution in [0.4, 0.5) is 9.18 Å². The molecule has 0 aliphatic carbocycles. The van der Waals surface area contributed by atoms with E-state index < -0.39 is 30.3 Å². The van der Waals surface area contributed by atoms with Gasteiger partial charge in [0.1, 0.15) is 5.82 Å². The Morgan fingerprint density at radius 2 is 2.08 bits per heavy atom. The average molecular weight is 357 g/mol. The van der Waals surface area contributed by atoms with Gasteiger partial charge in [-0.25, -0.2) is 14.0 Å². The predicted octanol–water partition coefficient (Wildman–Crippen LogP) is 2.66. The van der Waals surface area contributed by atoms with Crippen LogP contribution < -0.4 is 10.6 Å². The highest BCUT2D eigenvalue weighted by Gasteiger charge is 2.11. The van der Waals surface area contributed by atoms with E-state index in [1.54, 1.807) is 6.92 Å². The number of carbonyl (C=O) groups is 3. The number of amides is 3. The molecule has 2 N–H and O–H groups in total. The molecule has 130 valence electrons. The first-order valence-electron chi connectivity index (χ1n) is 7.22. The summed E-state index contributed by atoms with van der Waals surface area (Å²) in [6.45, 7) is 3.08. The first kappa shape index (κ1) is 19.6. The highest BCUT2D eigenvalue weighted by molar-refractivity contribution is 6.30. The van der Waals surface area contributed by atoms with Crippen molar-refractivity contribution in [1.29, 1.82) is 0 Å². The molecule has 0 saturated carbocycles. The normalized spacial score (nSPS) is 11.8. The number of carbonyl (C=O) groups excluding carboxylic acids is 3. The Morgan fingerprint density at radius 3 is 2.71 bits per heavy atom. The number of nitrogens with one attached hydrogen (secondary N) is 2. The number of hydrogen-bond donors (Lipinski definition) is 2. The SMILES string of the molecule is CC[C@@H](C)NC(=O)NC(=O)COC(=O)/C=C/c1ccc(F)c(Cl)c1. The second-order valence-corrected chi connectivity index (χ2v) is 5.35. The van der Waals surface area contributed by atoms with E-state index >= 15 is 0 Å². The van der Waals surface area contributed by atoms with E-state index in [2.05, 4.69) is 10.1 Å². The van der Waals surface area contributed by atoms with Gasteiger partial charge in [-0.05, 0) is 37.1 Å². The summed E-state index contributed by atoms with van der Waals surface area (Å²) in [5.74, 6) is -2.10. The highest BCUT2D eigenvalue weighted by Crippen LogP contribution is 2.16. The van der Waals surface area contributed by atoms with E-state index in [0.29, 0.717) is 5.56 Å². The van der Waals surface area contributed by atoms with Gasteiger partial charge in [0, 0.05) is 12.1 Å². The molecule has 0 unspecified atom stereocenters. The molecule has 1 aromatic rings. The van der Waals surface area contributed by atoms with Gasteiger partial charge in [0.05, 0.1) is 5.02 Å². The van der Waals surface area contributed by atoms with Gasteiger partial charge in [0.15, 0.2) is 6.61 Å². The molecule has 1 aromatic carbocycles. The summed E-state index contributed by atoms with van der Waals surface area (Å²) >= 11 is 5.61. The van der Waals surface area contributed by atoms with Crippen molar-refractivity contribution in [3.63, 3.8) is 0 Å². The summed E-state index contributed by atoms with van der Waals surface area (Å²) < 4.78 is 17.7. The molecule has 0 saturated heterocycles. The first-order valence-corrected chi connectivity index (χ1v) is 7.59. The third-order valence-electron chi connectivity index (χ3n) is 2.94. The lowest BCUT2D eigenvalue weighted by Crippen LogP contribution is -2.44. The molecular weight excluding hydrogens is 339 g/mol. The van der Waals surface area contributed by atoms with Gasteiger partial charge in [0.2, 0.25) is 0 Å². The van der Waals surface area contributed by atoms with Crippen LogP contribution in [-0.2, 0) is 14.3 Å². The molecule has 0 aromatic heterocycles. The van der Waals surface area contributed by atoms with E-state index in [-0.39, 0.29) is 11.1 Å². The molecule has 0 aliphatic heterocycles. The Labute approximate surface area is 144 Å². The summed E-state index contributed by atoms with van der Waals surface area (Å²) in [5, 5.41) is 4.50. The van der Waals surface area contributed by atoms with Crippen LogP contribution in [-0.4, -0.2) is 30.6 Å². The largest absolute Gasteiger partial charge is 0.452 e. The van der Waals surface area contributed by atoms with Gasteiger partial charge < -0.3 is 10.1 Å². The fourth-order valence-electron chi connectivity index (χ4n) is 1.49. The van der Waals surface area contributed by atoms with Crippen LogP contribution in [0.15, 0.2) is 24.3 Å². The van der Waals surface area contributed by atoms with Gasteiger partial charge in [-0.2, -0.15) is 0 Å². The zero-order chi connectivity index (χ0) is 18.1. The molecule has 0 spiro atoms. The van der Waals surface area contributed by atoms with E-state index in [9.17, 15) is 18.8 Å². The Balaban J connectivity index is 2.39. The molecule has 0 aliphatic rings. The fraction of sp³-hybridized carbons (Fsp3) is 0.312. The third kappa shape index (κ3) is 7.23. The molecular formula is C16H18ClFN2O4. The topological polar surface area (TPSA) is 84.5 Å². The third-order valence-corrected chi connectivity index (χ3v) is 3.23. The maximum absolute atomic E-state index is 13.0. The van der Waals surface area contributed by atoms with Gasteiger partial charge in [-0.3, -0.25) is 10.1 Å². The molecule has 8 heteroatoms. The van der Waals surface area contributed by atoms with E-state index in [1.807, 2.05) is 12.2 Å². The number of ether oxygens (including phenoxy) is 1. The van der Waals surface area contributed by atoms with E-state index in [0.717, 1.165) is 18.6 Å². The predicted molar refractivity (Wildman–Crippen MR) is 87.8 cm³/mol. The molecule has 0 heterocycles. The Morgan fingerprint density at radius 1 is 1.38 bits per heavy atom. The summed E-state index contributed by atoms with van der Waals surface area (Å²) in [5.41, 5.74) is 0.496. The van der Waals surface area contributed by atoms with Gasteiger partial charge in [0.25, 0.3) is 5.91 Å². The van der Waals surface area contributed by atoms with Crippen LogP contribution in [0.2, 0.25) is 5.02 Å². The Bertz CT molecular complexity index is 649. The Hall–Kier alpha value is -2.41. The molecule has 6 nitrogen and oxygen atoms in total. The highest BCUT2D eigenvalue weighted by atomic mass is 35.5. The summed E-state index contributed by atoms with van der Waals surface area (Å²) in [4.78, 5) is 34.3. The number of halogens is 2. The minimum absolute atomic E-state index is 0.0720. The number of esters is 1. The van der Waals surface area contributed by atoms with Crippen LogP contribution in [0.5, 0.6) is 0 Å². The summed E-state index contributed by atoms with van der Waals surface area (Å²) in [6, 6.07) is 3.20. The number of benzene rings is 1. The zero-order valence-electron chi connectivity index (χ0n) is 13.3. The first-order chi connectivity index (χ1) is 11.3. The molecule has 1 rings (SSSR count). The van der Waals surface area contributed by atoms with Crippen molar-refractivity contribution in [2.75, 3.05) is 6.61 Å². The quantitative estimate of drug-likeness (QED) is 0.606. The molecule has 0 fully saturated rings. The van der Waals surface area contributed by atoms with Crippen molar-refractivity contribution in [3.05, 3.63) is 40.7 Å². The minimum Gasteiger partial charge on any atom is -0.452 e. The zero-order valence-corrected chi connectivity index (χ0v) is 14.0. The van der Waals surface area contributed by atoms with Crippen LogP contribution >= 0.6 is 11.6 Å². The number of urea groups is 1. The van der Waals surface area contributed by atoms with Crippen molar-refractivity contribution in [3.8, 4) is 0 Å². The standard InChI is InChI=1S/C16H18ClFN2O4/c1-3-10(2)19-16(23)20-14(21)9-24-15(22)7-5-11-4-6-13(18)12(17)8-11/h4-8,10H,3,9H2,1-2H3,(H2,19,20,21,23)/b7-5+/t10-/m1/s1. The van der Waals surface area contributed by atoms with Gasteiger partial charge in [-0.15, -0.1) is 0 Å². The maximum atomic E-state index is 13.0. The van der Waals surface area contributed by atoms with Gasteiger partial charge >= 0.3 is 12.0 Å². The molecule has 24 heavy (non-hydrogen) atoms. The minimum atomic E-state index is -0.784. The fourth-order valence-corrected chi connectivity index (χ4v) is 1.68. The van der Waals surface area contributed by atoms with Crippen LogP contribution in [0, 0.1) is 5.82 Å². The maximum Gasteiger partial charge on any atom is 0.331 e. The van der Waals surface area contributed by atoms with Gasteiger partial charge in [-0.1, -0.05) is 24.6 Å². The molecule has 3 amide bonds. The van der Waals surface area contributed by atoms with E-state index in [4.69, 9.17) is 11.6 Å².